The van der Waals surface area contributed by atoms with Crippen molar-refractivity contribution in [3.05, 3.63) is 96.9 Å². The van der Waals surface area contributed by atoms with E-state index in [0.29, 0.717) is 59.1 Å². The second-order valence-electron chi connectivity index (χ2n) is 33.2. The Morgan fingerprint density at radius 2 is 0.873 bits per heavy atom. The van der Waals surface area contributed by atoms with Crippen molar-refractivity contribution >= 4 is 109 Å². The molecule has 11 heterocycles. The summed E-state index contributed by atoms with van der Waals surface area (Å²) >= 11 is 0. The molecule has 37 heteroatoms. The van der Waals surface area contributed by atoms with Crippen LogP contribution in [0.3, 0.4) is 0 Å². The van der Waals surface area contributed by atoms with Crippen LogP contribution >= 0.6 is 34.4 Å². The van der Waals surface area contributed by atoms with Crippen LogP contribution in [0.25, 0.3) is 0 Å². The Morgan fingerprint density at radius 3 is 1.31 bits per heavy atom. The average Bonchev–Trinajstić information content (AvgIpc) is 1.58. The summed E-state index contributed by atoms with van der Waals surface area (Å²) in [5.41, 5.74) is 0.260. The highest BCUT2D eigenvalue weighted by Crippen LogP contribution is 2.50. The maximum absolute atomic E-state index is 11.3. The van der Waals surface area contributed by atoms with Crippen molar-refractivity contribution in [2.75, 3.05) is 118 Å². The molecule has 11 aliphatic heterocycles. The maximum Gasteiger partial charge on any atom is 0.440 e. The predicted molar refractivity (Wildman–Crippen MR) is 443 cm³/mol. The van der Waals surface area contributed by atoms with Crippen molar-refractivity contribution in [2.45, 2.75) is 167 Å². The fourth-order valence-corrected chi connectivity index (χ4v) is 18.6. The summed E-state index contributed by atoms with van der Waals surface area (Å²) in [5.74, 6) is 0.667. The van der Waals surface area contributed by atoms with Gasteiger partial charge in [-0.25, -0.2) is 54.4 Å². The molecule has 0 spiro atoms. The Morgan fingerprint density at radius 1 is 0.473 bits per heavy atom. The number of hydrogen-bond acceptors (Lipinski definition) is 20. The van der Waals surface area contributed by atoms with E-state index in [4.69, 9.17) is 37.9 Å². The largest absolute Gasteiger partial charge is 0.440 e. The second-order valence-corrected chi connectivity index (χ2v) is 54.8. The number of urea groups is 5. The number of fused-ring (bicyclic) bond motifs is 2. The number of ether oxygens (including phenoxy) is 8. The van der Waals surface area contributed by atoms with Gasteiger partial charge in [-0.2, -0.15) is 0 Å². The van der Waals surface area contributed by atoms with E-state index in [2.05, 4.69) is 184 Å². The zero-order chi connectivity index (χ0) is 82.5. The van der Waals surface area contributed by atoms with Crippen molar-refractivity contribution in [1.29, 1.82) is 0 Å². The minimum Gasteiger partial charge on any atom is -0.388 e. The van der Waals surface area contributed by atoms with Gasteiger partial charge in [-0.05, 0) is 157 Å². The van der Waals surface area contributed by atoms with Crippen LogP contribution < -0.4 is 53.2 Å². The van der Waals surface area contributed by atoms with Gasteiger partial charge in [-0.3, -0.25) is 0 Å². The molecule has 0 aliphatic carbocycles. The number of rotatable bonds is 22. The average molecular weight is 1640 g/mol. The second kappa shape index (κ2) is 36.5. The lowest BCUT2D eigenvalue weighted by Gasteiger charge is -2.34. The molecular formula is C73H123N12O20P5+2. The van der Waals surface area contributed by atoms with Gasteiger partial charge in [0, 0.05) is 66.6 Å². The van der Waals surface area contributed by atoms with Gasteiger partial charge in [-0.15, -0.1) is 65.9 Å². The lowest BCUT2D eigenvalue weighted by molar-refractivity contribution is -0.588. The van der Waals surface area contributed by atoms with E-state index in [1.54, 1.807) is 31.0 Å². The van der Waals surface area contributed by atoms with E-state index in [9.17, 15) is 59.7 Å². The zero-order valence-corrected chi connectivity index (χ0v) is 70.6. The summed E-state index contributed by atoms with van der Waals surface area (Å²) in [4.78, 5) is 56.3. The molecule has 110 heavy (non-hydrogen) atoms. The third kappa shape index (κ3) is 23.6. The highest BCUT2D eigenvalue weighted by atomic mass is 31.2. The van der Waals surface area contributed by atoms with Crippen molar-refractivity contribution < 1.29 is 107 Å². The van der Waals surface area contributed by atoms with E-state index >= 15 is 0 Å². The summed E-state index contributed by atoms with van der Waals surface area (Å²) in [6.07, 6.45) is 25.5. The number of nitrogens with zero attached hydrogens (tertiary/aromatic N) is 2. The predicted octanol–water partition coefficient (Wildman–Crippen LogP) is 2.07. The van der Waals surface area contributed by atoms with Crippen molar-refractivity contribution in [3.8, 4) is 0 Å². The van der Waals surface area contributed by atoms with Gasteiger partial charge < -0.3 is 106 Å². The van der Waals surface area contributed by atoms with Crippen LogP contribution in [0.1, 0.15) is 46.0 Å². The Bertz CT molecular complexity index is 3730. The number of amides is 10. The van der Waals surface area contributed by atoms with Gasteiger partial charge >= 0.3 is 30.2 Å². The molecule has 11 aliphatic rings. The van der Waals surface area contributed by atoms with Crippen LogP contribution in [0.4, 0.5) is 24.0 Å². The first-order valence-electron chi connectivity index (χ1n) is 36.1. The molecule has 6 fully saturated rings. The van der Waals surface area contributed by atoms with E-state index in [1.807, 2.05) is 0 Å². The van der Waals surface area contributed by atoms with Gasteiger partial charge in [-0.1, -0.05) is 19.7 Å². The van der Waals surface area contributed by atoms with Crippen LogP contribution in [0.2, 0.25) is 0 Å². The number of aliphatic hydroxyl groups is 7. The standard InChI is InChI=1S/C15H23N2O4P.2C15H25N2O4P.2C14H24N3O4P/c1-9-10(7-16-14(19)17-9)11-12-13(18)15(21-11,8-20-12)5-6-22(2,3)4;1-9-10(8-16-14(20)17-9)12-11(18)13(19)15(2,21-12)6-7-22(3,4)5;1-9-10(8-16-15(19)17-9)13-14(20-2)12(18)11(21-13)6-7-22(3,4)5;1-9-16-13(19)15-8-17(9)12-14(2,20)11(18)10(21-12)6-7-22(3,4)5;1-9-16-14(19)15-8-17(9)13-12(20-2)11(18)10(21-13)6-7-22(3,4)5/h7,11-13,18H,1-2,5-6,8H2,3-4H3,(H2,16,17,19);8,11-13,18-19H,1,3,6-7H2,2,4-5H3,(H2,16,17,20);8,11-14,18H,1,3,6-7H2,2,4-5H3,(H2,16,17,19);8,10-12,18,20H,1,3,6-7H2,2,4-5H3,(H,16,19);8,10-13,18H,1,3,6-7H2,2,4-5H3,(H,16,19)/p+2/t11-,12-,13-,15-;11-,12-,13-,15+;11-,12-,13+,14-;10-,11-,12-,14-;10-,11-,12-,13-/m00111/s1. The minimum atomic E-state index is -1.49. The number of hydrogen-bond donors (Lipinski definition) is 17. The molecule has 0 aromatic rings. The molecule has 6 saturated heterocycles. The van der Waals surface area contributed by atoms with E-state index in [1.165, 1.54) is 37.5 Å². The van der Waals surface area contributed by atoms with Gasteiger partial charge in [0.15, 0.2) is 12.7 Å². The van der Waals surface area contributed by atoms with Gasteiger partial charge in [0.05, 0.1) is 30.5 Å². The Balaban J connectivity index is 0.000000191. The molecule has 0 aromatic carbocycles. The van der Waals surface area contributed by atoms with Gasteiger partial charge in [0.2, 0.25) is 24.1 Å². The van der Waals surface area contributed by atoms with E-state index in [-0.39, 0.29) is 42.2 Å². The summed E-state index contributed by atoms with van der Waals surface area (Å²) in [5, 5.41) is 98.8. The first-order chi connectivity index (χ1) is 50.7. The third-order valence-electron chi connectivity index (χ3n) is 20.2. The third-order valence-corrected chi connectivity index (χ3v) is 27.5. The summed E-state index contributed by atoms with van der Waals surface area (Å²) in [6.45, 7) is 38.1. The first-order valence-corrected chi connectivity index (χ1v) is 51.3. The van der Waals surface area contributed by atoms with E-state index < -0.39 is 149 Å². The number of carbonyl (C=O) groups excluding carboxylic acids is 5. The zero-order valence-electron chi connectivity index (χ0n) is 66.1. The number of carbonyl (C=O) groups is 5. The molecule has 20 atom stereocenters. The molecule has 2 bridgehead atoms. The number of nitrogens with one attached hydrogen (secondary N) is 10. The van der Waals surface area contributed by atoms with Crippen LogP contribution in [-0.2, 0) is 37.9 Å². The molecule has 0 radical (unpaired) electrons. The molecule has 32 nitrogen and oxygen atoms in total. The molecule has 0 unspecified atom stereocenters. The topological polar surface area (TPSA) is 427 Å². The Hall–Kier alpha value is -5.49. The fraction of sp³-hybridized carbons (Fsp3) is 0.616. The van der Waals surface area contributed by atoms with Crippen molar-refractivity contribution in [2.24, 2.45) is 0 Å². The highest BCUT2D eigenvalue weighted by molar-refractivity contribution is 7.73. The number of methoxy groups -OCH3 is 2. The highest BCUT2D eigenvalue weighted by Gasteiger charge is 2.62. The smallest absolute Gasteiger partial charge is 0.388 e. The fourth-order valence-electron chi connectivity index (χ4n) is 13.7. The van der Waals surface area contributed by atoms with Crippen LogP contribution in [-0.4, -0.2) is 358 Å². The SMILES string of the molecule is C=C1NC(=O)NC=C1[C@@H]1O[C@@]2(CCP(=C)(C)C)CO[C@@H]1[C@@H]2O.C=C1NC(=O)NC=C1[C@@H]1O[C@H](CCP(=C)(C)C)[C@@H](O)[C@H]1OC.C=C1NC(=O)NC=C1[C@@H]1O[C@](C)(CCP(=C)(C)C)[C@@H](O)[C@H]1O.C=C1NC(=O)NC=[N+]1[C@@H]1O[C@H](CCP(=C)(C)C)[C@@H](O)[C@@]1(C)O.C=C1NC(=O)NC=[N+]1[C@@H]1O[C@H](CCP(=C)(C)C)[C@@H](O)[C@H]1OC. The summed E-state index contributed by atoms with van der Waals surface area (Å²) < 4.78 is 49.7. The monoisotopic (exact) mass is 1640 g/mol. The number of aliphatic hydroxyl groups excluding tert-OH is 6. The van der Waals surface area contributed by atoms with Crippen molar-refractivity contribution in [1.82, 2.24) is 53.2 Å². The minimum absolute atomic E-state index is 0.284. The van der Waals surface area contributed by atoms with Crippen LogP contribution in [0.15, 0.2) is 96.9 Å². The van der Waals surface area contributed by atoms with Crippen LogP contribution in [0.5, 0.6) is 0 Å². The lowest BCUT2D eigenvalue weighted by atomic mass is 9.92. The molecule has 11 rings (SSSR count). The Labute approximate surface area is 647 Å². The Kier molecular flexibility index (Phi) is 30.5. The van der Waals surface area contributed by atoms with Gasteiger partial charge in [0.1, 0.15) is 84.4 Å². The summed E-state index contributed by atoms with van der Waals surface area (Å²) in [7, 11) is 3.08. The van der Waals surface area contributed by atoms with Crippen molar-refractivity contribution in [3.63, 3.8) is 0 Å². The van der Waals surface area contributed by atoms with Crippen LogP contribution in [0, 0.1) is 0 Å². The molecule has 10 amide bonds. The summed E-state index contributed by atoms with van der Waals surface area (Å²) in [6, 6.07) is -1.79. The van der Waals surface area contributed by atoms with Gasteiger partial charge in [0.25, 0.3) is 0 Å². The first kappa shape index (κ1) is 91.7. The maximum atomic E-state index is 11.3. The molecule has 0 saturated carbocycles. The lowest BCUT2D eigenvalue weighted by Crippen LogP contribution is -2.55. The molecular weight excluding hydrogens is 1520 g/mol. The quantitative estimate of drug-likeness (QED) is 0.0545. The van der Waals surface area contributed by atoms with E-state index in [0.717, 1.165) is 50.1 Å². The molecule has 17 N–H and O–H groups in total. The molecule has 618 valence electrons. The molecule has 0 aromatic heterocycles. The normalized spacial score (nSPS) is 34.9.